The maximum Gasteiger partial charge on any atom is 0.0775 e. The molecule has 0 saturated heterocycles. The Morgan fingerprint density at radius 3 is 1.64 bits per heavy atom. The number of benzene rings is 3. The van der Waals surface area contributed by atoms with Crippen molar-refractivity contribution in [1.29, 1.82) is 0 Å². The Balaban J connectivity index is 1.60. The topological polar surface area (TPSA) is 12.9 Å². The van der Waals surface area contributed by atoms with Crippen molar-refractivity contribution in [3.05, 3.63) is 97.2 Å². The minimum atomic E-state index is -1.25. The first kappa shape index (κ1) is 18.4. The molecule has 4 rings (SSSR count). The van der Waals surface area contributed by atoms with Crippen LogP contribution in [-0.2, 0) is 0 Å². The van der Waals surface area contributed by atoms with Gasteiger partial charge in [0.2, 0.25) is 0 Å². The average Bonchev–Trinajstić information content (AvgIpc) is 2.74. The van der Waals surface area contributed by atoms with Crippen molar-refractivity contribution in [3.63, 3.8) is 0 Å². The molecular weight excluding hydrogens is 354 g/mol. The highest BCUT2D eigenvalue weighted by Crippen LogP contribution is 2.27. The van der Waals surface area contributed by atoms with Crippen molar-refractivity contribution in [1.82, 2.24) is 4.98 Å². The molecule has 4 aromatic rings. The maximum absolute atomic E-state index is 4.53. The first-order valence-electron chi connectivity index (χ1n) is 9.73. The van der Waals surface area contributed by atoms with E-state index in [0.29, 0.717) is 0 Å². The Hall–Kier alpha value is -2.97. The summed E-state index contributed by atoms with van der Waals surface area (Å²) in [5.74, 6) is 0. The van der Waals surface area contributed by atoms with E-state index in [1.807, 2.05) is 24.4 Å². The van der Waals surface area contributed by atoms with Gasteiger partial charge in [0.25, 0.3) is 0 Å². The van der Waals surface area contributed by atoms with E-state index in [2.05, 4.69) is 97.4 Å². The van der Waals surface area contributed by atoms with Crippen LogP contribution in [0.25, 0.3) is 33.5 Å². The number of pyridine rings is 1. The molecule has 1 heterocycles. The van der Waals surface area contributed by atoms with Gasteiger partial charge >= 0.3 is 0 Å². The molecule has 0 spiro atoms. The average molecular weight is 380 g/mol. The van der Waals surface area contributed by atoms with Crippen LogP contribution in [0.2, 0.25) is 19.6 Å². The van der Waals surface area contributed by atoms with E-state index in [1.54, 1.807) is 0 Å². The molecule has 0 fully saturated rings. The highest BCUT2D eigenvalue weighted by Gasteiger charge is 2.15. The molecule has 0 radical (unpaired) electrons. The number of rotatable bonds is 4. The van der Waals surface area contributed by atoms with Gasteiger partial charge in [0.05, 0.1) is 13.8 Å². The van der Waals surface area contributed by atoms with Crippen molar-refractivity contribution in [2.75, 3.05) is 0 Å². The highest BCUT2D eigenvalue weighted by atomic mass is 28.3. The molecule has 1 nitrogen and oxygen atoms in total. The molecule has 0 aliphatic rings. The Kier molecular flexibility index (Phi) is 4.97. The SMILES string of the molecule is C[Si](C)(C)c1ccc(-c2ccc(-c3ccnc(-c4ccccc4)c3)cc2)cc1. The third kappa shape index (κ3) is 3.97. The van der Waals surface area contributed by atoms with Crippen molar-refractivity contribution in [2.24, 2.45) is 0 Å². The van der Waals surface area contributed by atoms with Crippen LogP contribution in [0.15, 0.2) is 97.2 Å². The lowest BCUT2D eigenvalue weighted by Gasteiger charge is -2.16. The van der Waals surface area contributed by atoms with Crippen LogP contribution >= 0.6 is 0 Å². The summed E-state index contributed by atoms with van der Waals surface area (Å²) < 4.78 is 0. The number of hydrogen-bond acceptors (Lipinski definition) is 1. The number of nitrogens with zero attached hydrogens (tertiary/aromatic N) is 1. The van der Waals surface area contributed by atoms with Crippen molar-refractivity contribution in [3.8, 4) is 33.5 Å². The molecular formula is C26H25NSi. The zero-order chi connectivity index (χ0) is 19.6. The maximum atomic E-state index is 4.53. The summed E-state index contributed by atoms with van der Waals surface area (Å²) in [4.78, 5) is 4.53. The summed E-state index contributed by atoms with van der Waals surface area (Å²) >= 11 is 0. The second kappa shape index (κ2) is 7.57. The van der Waals surface area contributed by atoms with E-state index < -0.39 is 8.07 Å². The van der Waals surface area contributed by atoms with Crippen LogP contribution in [0, 0.1) is 0 Å². The third-order valence-corrected chi connectivity index (χ3v) is 7.20. The normalized spacial score (nSPS) is 11.4. The Labute approximate surface area is 168 Å². The first-order valence-corrected chi connectivity index (χ1v) is 13.2. The molecule has 0 bridgehead atoms. The van der Waals surface area contributed by atoms with Gasteiger partial charge in [0.15, 0.2) is 0 Å². The quantitative estimate of drug-likeness (QED) is 0.363. The predicted octanol–water partition coefficient (Wildman–Crippen LogP) is 6.63. The molecule has 138 valence electrons. The fourth-order valence-electron chi connectivity index (χ4n) is 3.39. The minimum Gasteiger partial charge on any atom is -0.256 e. The summed E-state index contributed by atoms with van der Waals surface area (Å²) in [5.41, 5.74) is 7.07. The monoisotopic (exact) mass is 379 g/mol. The van der Waals surface area contributed by atoms with Gasteiger partial charge in [-0.05, 0) is 34.4 Å². The highest BCUT2D eigenvalue weighted by molar-refractivity contribution is 6.88. The molecule has 0 saturated carbocycles. The molecule has 0 atom stereocenters. The van der Waals surface area contributed by atoms with Gasteiger partial charge in [-0.25, -0.2) is 0 Å². The summed E-state index contributed by atoms with van der Waals surface area (Å²) in [5, 5.41) is 1.50. The second-order valence-electron chi connectivity index (χ2n) is 8.20. The lowest BCUT2D eigenvalue weighted by atomic mass is 9.99. The van der Waals surface area contributed by atoms with Gasteiger partial charge in [0, 0.05) is 11.8 Å². The number of aromatic nitrogens is 1. The smallest absolute Gasteiger partial charge is 0.0775 e. The predicted molar refractivity (Wildman–Crippen MR) is 124 cm³/mol. The zero-order valence-corrected chi connectivity index (χ0v) is 17.7. The fourth-order valence-corrected chi connectivity index (χ4v) is 4.56. The molecule has 0 N–H and O–H groups in total. The van der Waals surface area contributed by atoms with Crippen molar-refractivity contribution >= 4 is 13.3 Å². The molecule has 2 heteroatoms. The van der Waals surface area contributed by atoms with Crippen LogP contribution < -0.4 is 5.19 Å². The molecule has 0 aliphatic carbocycles. The molecule has 0 aliphatic heterocycles. The van der Waals surface area contributed by atoms with E-state index in [-0.39, 0.29) is 0 Å². The van der Waals surface area contributed by atoms with E-state index in [4.69, 9.17) is 0 Å². The molecule has 0 unspecified atom stereocenters. The summed E-state index contributed by atoms with van der Waals surface area (Å²) in [6.45, 7) is 7.15. The van der Waals surface area contributed by atoms with E-state index >= 15 is 0 Å². The van der Waals surface area contributed by atoms with Gasteiger partial charge in [-0.2, -0.15) is 0 Å². The third-order valence-electron chi connectivity index (χ3n) is 5.13. The summed E-state index contributed by atoms with van der Waals surface area (Å²) in [7, 11) is -1.25. The standard InChI is InChI=1S/C26H25NSi/c1-28(2,3)25-15-13-21(14-16-25)20-9-11-22(12-10-20)24-17-18-27-26(19-24)23-7-5-4-6-8-23/h4-19H,1-3H3. The summed E-state index contributed by atoms with van der Waals surface area (Å²) in [6, 6.07) is 32.5. The van der Waals surface area contributed by atoms with Gasteiger partial charge in [-0.15, -0.1) is 0 Å². The lowest BCUT2D eigenvalue weighted by Crippen LogP contribution is -2.37. The Morgan fingerprint density at radius 2 is 1.07 bits per heavy atom. The van der Waals surface area contributed by atoms with Gasteiger partial charge in [0.1, 0.15) is 0 Å². The molecule has 3 aromatic carbocycles. The van der Waals surface area contributed by atoms with Crippen LogP contribution in [0.1, 0.15) is 0 Å². The van der Waals surface area contributed by atoms with Gasteiger partial charge < -0.3 is 0 Å². The lowest BCUT2D eigenvalue weighted by molar-refractivity contribution is 1.33. The zero-order valence-electron chi connectivity index (χ0n) is 16.7. The number of hydrogen-bond donors (Lipinski definition) is 0. The van der Waals surface area contributed by atoms with Crippen LogP contribution in [0.5, 0.6) is 0 Å². The van der Waals surface area contributed by atoms with Crippen LogP contribution in [-0.4, -0.2) is 13.1 Å². The Morgan fingerprint density at radius 1 is 0.536 bits per heavy atom. The molecule has 0 amide bonds. The molecule has 1 aromatic heterocycles. The largest absolute Gasteiger partial charge is 0.256 e. The minimum absolute atomic E-state index is 1.00. The summed E-state index contributed by atoms with van der Waals surface area (Å²) in [6.07, 6.45) is 1.89. The van der Waals surface area contributed by atoms with Gasteiger partial charge in [-0.3, -0.25) is 4.98 Å². The van der Waals surface area contributed by atoms with Crippen LogP contribution in [0.3, 0.4) is 0 Å². The first-order chi connectivity index (χ1) is 13.5. The van der Waals surface area contributed by atoms with Gasteiger partial charge in [-0.1, -0.05) is 104 Å². The van der Waals surface area contributed by atoms with E-state index in [0.717, 1.165) is 11.3 Å². The Bertz CT molecular complexity index is 1060. The second-order valence-corrected chi connectivity index (χ2v) is 13.3. The van der Waals surface area contributed by atoms with Crippen molar-refractivity contribution < 1.29 is 0 Å². The van der Waals surface area contributed by atoms with E-state index in [9.17, 15) is 0 Å². The van der Waals surface area contributed by atoms with E-state index in [1.165, 1.54) is 27.4 Å². The van der Waals surface area contributed by atoms with Crippen LogP contribution in [0.4, 0.5) is 0 Å². The van der Waals surface area contributed by atoms with Crippen molar-refractivity contribution in [2.45, 2.75) is 19.6 Å². The molecule has 28 heavy (non-hydrogen) atoms. The fraction of sp³-hybridized carbons (Fsp3) is 0.115.